The molecule has 0 radical (unpaired) electrons. The lowest BCUT2D eigenvalue weighted by atomic mass is 9.66. The molecular formula is C32H54N4O2. The third-order valence-corrected chi connectivity index (χ3v) is 12.9. The molecule has 0 aromatic heterocycles. The van der Waals surface area contributed by atoms with Crippen molar-refractivity contribution in [3.05, 3.63) is 0 Å². The second-order valence-electron chi connectivity index (χ2n) is 14.8. The van der Waals surface area contributed by atoms with E-state index in [0.29, 0.717) is 47.8 Å². The van der Waals surface area contributed by atoms with Gasteiger partial charge in [0.05, 0.1) is 11.8 Å². The fraction of sp³-hybridized carbons (Fsp3) is 0.938. The highest BCUT2D eigenvalue weighted by atomic mass is 16.2. The number of amides is 2. The number of rotatable bonds is 4. The molecule has 4 heterocycles. The summed E-state index contributed by atoms with van der Waals surface area (Å²) < 4.78 is 0. The van der Waals surface area contributed by atoms with Gasteiger partial charge in [0.1, 0.15) is 0 Å². The van der Waals surface area contributed by atoms with Crippen molar-refractivity contribution in [2.45, 2.75) is 128 Å². The lowest BCUT2D eigenvalue weighted by Gasteiger charge is -2.47. The standard InChI is InChI=1S/C32H54N4O2/c1-19-5-9-21(10-6-19)25-17-23-13-15-27(35(23)3)29(25)31(37)33-34-32(38)30-26(22-11-7-20(2)8-12-22)18-24-14-16-28(30)36(24)4/h19-30H,5-18H2,1-4H3,(H,33,37)(H,34,38)/t19?,20?,21?,22?,23-,24+,25-,26+,27?,28?,29?,30?. The molecular weight excluding hydrogens is 472 g/mol. The molecule has 0 aromatic rings. The maximum absolute atomic E-state index is 13.9. The molecule has 4 aliphatic heterocycles. The van der Waals surface area contributed by atoms with Gasteiger partial charge < -0.3 is 0 Å². The average Bonchev–Trinajstić information content (AvgIpc) is 3.27. The first-order chi connectivity index (χ1) is 18.3. The van der Waals surface area contributed by atoms with E-state index in [0.717, 1.165) is 37.5 Å². The van der Waals surface area contributed by atoms with Crippen LogP contribution in [0.5, 0.6) is 0 Å². The first kappa shape index (κ1) is 27.1. The summed E-state index contributed by atoms with van der Waals surface area (Å²) >= 11 is 0. The highest BCUT2D eigenvalue weighted by molar-refractivity contribution is 5.85. The van der Waals surface area contributed by atoms with Gasteiger partial charge in [-0.25, -0.2) is 0 Å². The van der Waals surface area contributed by atoms with Crippen LogP contribution in [0.4, 0.5) is 0 Å². The van der Waals surface area contributed by atoms with Crippen LogP contribution in [-0.2, 0) is 9.59 Å². The Morgan fingerprint density at radius 1 is 0.553 bits per heavy atom. The zero-order chi connectivity index (χ0) is 26.6. The number of carbonyl (C=O) groups excluding carboxylic acids is 2. The van der Waals surface area contributed by atoms with Crippen molar-refractivity contribution in [2.75, 3.05) is 14.1 Å². The van der Waals surface area contributed by atoms with Crippen molar-refractivity contribution >= 4 is 11.8 Å². The molecule has 6 rings (SSSR count). The zero-order valence-corrected chi connectivity index (χ0v) is 24.5. The fourth-order valence-electron chi connectivity index (χ4n) is 10.4. The Bertz CT molecular complexity index is 794. The molecule has 6 aliphatic rings. The smallest absolute Gasteiger partial charge is 0.243 e. The molecule has 6 fully saturated rings. The maximum atomic E-state index is 13.9. The summed E-state index contributed by atoms with van der Waals surface area (Å²) in [6.07, 6.45) is 17.2. The topological polar surface area (TPSA) is 64.7 Å². The Balaban J connectivity index is 1.15. The third-order valence-electron chi connectivity index (χ3n) is 12.9. The van der Waals surface area contributed by atoms with Gasteiger partial charge in [-0.2, -0.15) is 0 Å². The molecule has 4 unspecified atom stereocenters. The number of piperidine rings is 2. The molecule has 214 valence electrons. The normalized spacial score (nSPS) is 47.6. The lowest BCUT2D eigenvalue weighted by Crippen LogP contribution is -2.59. The number of nitrogens with one attached hydrogen (secondary N) is 2. The molecule has 0 spiro atoms. The van der Waals surface area contributed by atoms with Crippen molar-refractivity contribution in [1.82, 2.24) is 20.7 Å². The molecule has 4 saturated heterocycles. The molecule has 2 aliphatic carbocycles. The van der Waals surface area contributed by atoms with E-state index in [1.54, 1.807) is 0 Å². The van der Waals surface area contributed by atoms with E-state index in [2.05, 4.69) is 48.6 Å². The first-order valence-corrected chi connectivity index (χ1v) is 16.3. The molecule has 6 heteroatoms. The monoisotopic (exact) mass is 526 g/mol. The van der Waals surface area contributed by atoms with Gasteiger partial charge in [-0.1, -0.05) is 39.5 Å². The molecule has 2 N–H and O–H groups in total. The minimum Gasteiger partial charge on any atom is -0.300 e. The van der Waals surface area contributed by atoms with Gasteiger partial charge in [0, 0.05) is 24.2 Å². The summed E-state index contributed by atoms with van der Waals surface area (Å²) in [6.45, 7) is 4.76. The second kappa shape index (κ2) is 11.0. The zero-order valence-electron chi connectivity index (χ0n) is 24.5. The fourth-order valence-corrected chi connectivity index (χ4v) is 10.4. The van der Waals surface area contributed by atoms with Gasteiger partial charge in [-0.3, -0.25) is 30.2 Å². The van der Waals surface area contributed by atoms with Gasteiger partial charge in [-0.05, 0) is 114 Å². The van der Waals surface area contributed by atoms with Crippen molar-refractivity contribution in [1.29, 1.82) is 0 Å². The first-order valence-electron chi connectivity index (χ1n) is 16.3. The second-order valence-corrected chi connectivity index (χ2v) is 14.8. The Morgan fingerprint density at radius 3 is 1.29 bits per heavy atom. The molecule has 4 bridgehead atoms. The number of hydrazine groups is 1. The van der Waals surface area contributed by atoms with Crippen LogP contribution in [0.2, 0.25) is 0 Å². The van der Waals surface area contributed by atoms with Crippen LogP contribution in [0.1, 0.15) is 104 Å². The van der Waals surface area contributed by atoms with Crippen LogP contribution in [0.3, 0.4) is 0 Å². The summed E-state index contributed by atoms with van der Waals surface area (Å²) in [5, 5.41) is 0. The van der Waals surface area contributed by atoms with Gasteiger partial charge in [0.2, 0.25) is 11.8 Å². The molecule has 6 nitrogen and oxygen atoms in total. The van der Waals surface area contributed by atoms with Gasteiger partial charge in [-0.15, -0.1) is 0 Å². The van der Waals surface area contributed by atoms with E-state index in [1.807, 2.05) is 0 Å². The molecule has 0 aromatic carbocycles. The summed E-state index contributed by atoms with van der Waals surface area (Å²) in [7, 11) is 4.45. The highest BCUT2D eigenvalue weighted by Crippen LogP contribution is 2.50. The third kappa shape index (κ3) is 4.95. The van der Waals surface area contributed by atoms with Crippen LogP contribution in [0.15, 0.2) is 0 Å². The maximum Gasteiger partial charge on any atom is 0.243 e. The van der Waals surface area contributed by atoms with E-state index in [-0.39, 0.29) is 23.7 Å². The highest BCUT2D eigenvalue weighted by Gasteiger charge is 2.53. The van der Waals surface area contributed by atoms with Gasteiger partial charge in [0.15, 0.2) is 0 Å². The Labute approximate surface area is 231 Å². The number of fused-ring (bicyclic) bond motifs is 4. The Hall–Kier alpha value is -1.14. The van der Waals surface area contributed by atoms with E-state index in [4.69, 9.17) is 0 Å². The van der Waals surface area contributed by atoms with Crippen LogP contribution in [0, 0.1) is 47.3 Å². The minimum atomic E-state index is -0.00187. The summed E-state index contributed by atoms with van der Waals surface area (Å²) in [6, 6.07) is 1.91. The molecule has 2 saturated carbocycles. The van der Waals surface area contributed by atoms with Crippen molar-refractivity contribution < 1.29 is 9.59 Å². The van der Waals surface area contributed by atoms with Gasteiger partial charge >= 0.3 is 0 Å². The molecule has 8 atom stereocenters. The Kier molecular flexibility index (Phi) is 7.85. The quantitative estimate of drug-likeness (QED) is 0.507. The summed E-state index contributed by atoms with van der Waals surface area (Å²) in [5.74, 6) is 4.05. The number of nitrogens with zero attached hydrogens (tertiary/aromatic N) is 2. The summed E-state index contributed by atoms with van der Waals surface area (Å²) in [4.78, 5) is 32.8. The van der Waals surface area contributed by atoms with Gasteiger partial charge in [0.25, 0.3) is 0 Å². The van der Waals surface area contributed by atoms with Crippen molar-refractivity contribution in [3.63, 3.8) is 0 Å². The molecule has 38 heavy (non-hydrogen) atoms. The van der Waals surface area contributed by atoms with E-state index < -0.39 is 0 Å². The predicted octanol–water partition coefficient (Wildman–Crippen LogP) is 4.98. The predicted molar refractivity (Wildman–Crippen MR) is 151 cm³/mol. The number of hydrogen-bond acceptors (Lipinski definition) is 4. The van der Waals surface area contributed by atoms with Crippen LogP contribution < -0.4 is 10.9 Å². The SMILES string of the molecule is CC1CCC([C@H]2C[C@H]3CCC(C2C(=O)NNC(=O)C2C4CC[C@@H](C[C@H]2C2CCC(C)CC2)N4C)N3C)CC1. The van der Waals surface area contributed by atoms with E-state index in [1.165, 1.54) is 64.2 Å². The summed E-state index contributed by atoms with van der Waals surface area (Å²) in [5.41, 5.74) is 6.10. The lowest BCUT2D eigenvalue weighted by molar-refractivity contribution is -0.141. The van der Waals surface area contributed by atoms with E-state index in [9.17, 15) is 9.59 Å². The van der Waals surface area contributed by atoms with E-state index >= 15 is 0 Å². The van der Waals surface area contributed by atoms with Crippen LogP contribution >= 0.6 is 0 Å². The number of carbonyl (C=O) groups is 2. The van der Waals surface area contributed by atoms with Crippen molar-refractivity contribution in [2.24, 2.45) is 47.3 Å². The minimum absolute atomic E-state index is 0.00187. The Morgan fingerprint density at radius 2 is 0.921 bits per heavy atom. The number of hydrogen-bond donors (Lipinski definition) is 2. The van der Waals surface area contributed by atoms with Crippen molar-refractivity contribution in [3.8, 4) is 0 Å². The average molecular weight is 527 g/mol. The molecule has 2 amide bonds. The van der Waals surface area contributed by atoms with Crippen LogP contribution in [-0.4, -0.2) is 59.9 Å². The van der Waals surface area contributed by atoms with Crippen LogP contribution in [0.25, 0.3) is 0 Å². The largest absolute Gasteiger partial charge is 0.300 e.